The number of rotatable bonds is 8. The number of nitrogens with one attached hydrogen (secondary N) is 2. The fourth-order valence-corrected chi connectivity index (χ4v) is 4.72. The molecule has 162 valence electrons. The van der Waals surface area contributed by atoms with Gasteiger partial charge in [0.1, 0.15) is 11.0 Å². The van der Waals surface area contributed by atoms with Gasteiger partial charge in [0, 0.05) is 32.7 Å². The number of ether oxygens (including phenoxy) is 1. The molecule has 0 bridgehead atoms. The molecule has 2 N–H and O–H groups in total. The van der Waals surface area contributed by atoms with Gasteiger partial charge < -0.3 is 19.8 Å². The van der Waals surface area contributed by atoms with Crippen molar-refractivity contribution in [1.29, 1.82) is 0 Å². The zero-order valence-corrected chi connectivity index (χ0v) is 17.3. The topological polar surface area (TPSA) is 118 Å². The van der Waals surface area contributed by atoms with Crippen LogP contribution in [0.5, 0.6) is 0 Å². The summed E-state index contributed by atoms with van der Waals surface area (Å²) in [5.41, 5.74) is 0. The van der Waals surface area contributed by atoms with Gasteiger partial charge in [-0.2, -0.15) is 0 Å². The second-order valence-corrected chi connectivity index (χ2v) is 8.91. The SMILES string of the molecule is O=C(NCCN1CCOCC1)C(=O)NCC(c1ccco1)S(=O)(=O)c1ccccc1. The van der Waals surface area contributed by atoms with Gasteiger partial charge in [-0.1, -0.05) is 18.2 Å². The van der Waals surface area contributed by atoms with Gasteiger partial charge in [-0.25, -0.2) is 8.42 Å². The third kappa shape index (κ3) is 5.68. The Balaban J connectivity index is 1.57. The van der Waals surface area contributed by atoms with Crippen LogP contribution in [0.15, 0.2) is 58.0 Å². The summed E-state index contributed by atoms with van der Waals surface area (Å²) in [7, 11) is -3.84. The van der Waals surface area contributed by atoms with Crippen LogP contribution in [0.1, 0.15) is 11.0 Å². The van der Waals surface area contributed by atoms with Gasteiger partial charge >= 0.3 is 11.8 Å². The lowest BCUT2D eigenvalue weighted by molar-refractivity contribution is -0.139. The van der Waals surface area contributed by atoms with Crippen LogP contribution < -0.4 is 10.6 Å². The first-order chi connectivity index (χ1) is 14.5. The fourth-order valence-electron chi connectivity index (χ4n) is 3.11. The van der Waals surface area contributed by atoms with Gasteiger partial charge in [-0.15, -0.1) is 0 Å². The monoisotopic (exact) mass is 435 g/mol. The maximum Gasteiger partial charge on any atom is 0.309 e. The molecule has 2 heterocycles. The van der Waals surface area contributed by atoms with E-state index in [0.717, 1.165) is 13.1 Å². The number of furan rings is 1. The first-order valence-electron chi connectivity index (χ1n) is 9.67. The fraction of sp³-hybridized carbons (Fsp3) is 0.400. The minimum atomic E-state index is -3.84. The van der Waals surface area contributed by atoms with E-state index in [9.17, 15) is 18.0 Å². The molecule has 2 aromatic rings. The molecule has 1 aromatic heterocycles. The van der Waals surface area contributed by atoms with Gasteiger partial charge in [0.15, 0.2) is 9.84 Å². The van der Waals surface area contributed by atoms with Gasteiger partial charge in [0.05, 0.1) is 24.4 Å². The minimum Gasteiger partial charge on any atom is -0.468 e. The number of amides is 2. The average Bonchev–Trinajstić information content (AvgIpc) is 3.29. The maximum atomic E-state index is 13.0. The van der Waals surface area contributed by atoms with Crippen molar-refractivity contribution in [2.24, 2.45) is 0 Å². The molecule has 1 atom stereocenters. The second kappa shape index (κ2) is 10.4. The summed E-state index contributed by atoms with van der Waals surface area (Å²) in [5, 5.41) is 3.81. The van der Waals surface area contributed by atoms with Crippen LogP contribution in [0, 0.1) is 0 Å². The Labute approximate surface area is 175 Å². The van der Waals surface area contributed by atoms with E-state index < -0.39 is 26.9 Å². The smallest absolute Gasteiger partial charge is 0.309 e. The molecule has 1 aromatic carbocycles. The second-order valence-electron chi connectivity index (χ2n) is 6.78. The van der Waals surface area contributed by atoms with Crippen molar-refractivity contribution in [2.75, 3.05) is 45.9 Å². The molecule has 1 fully saturated rings. The van der Waals surface area contributed by atoms with Crippen molar-refractivity contribution in [2.45, 2.75) is 10.1 Å². The molecule has 0 aliphatic carbocycles. The van der Waals surface area contributed by atoms with E-state index >= 15 is 0 Å². The average molecular weight is 436 g/mol. The Bertz CT molecular complexity index is 925. The first kappa shape index (κ1) is 22.0. The standard InChI is InChI=1S/C20H25N3O6S/c24-19(21-8-9-23-10-13-28-14-11-23)20(25)22-15-18(17-7-4-12-29-17)30(26,27)16-5-2-1-3-6-16/h1-7,12,18H,8-11,13-15H2,(H,21,24)(H,22,25). The Morgan fingerprint density at radius 1 is 1.00 bits per heavy atom. The summed E-state index contributed by atoms with van der Waals surface area (Å²) in [4.78, 5) is 26.5. The molecule has 1 aliphatic rings. The van der Waals surface area contributed by atoms with Crippen molar-refractivity contribution in [3.05, 3.63) is 54.5 Å². The van der Waals surface area contributed by atoms with Crippen LogP contribution in [0.25, 0.3) is 0 Å². The molecular formula is C20H25N3O6S. The number of sulfone groups is 1. The van der Waals surface area contributed by atoms with Gasteiger partial charge in [-0.3, -0.25) is 14.5 Å². The van der Waals surface area contributed by atoms with E-state index in [1.165, 1.54) is 24.5 Å². The van der Waals surface area contributed by atoms with Gasteiger partial charge in [0.25, 0.3) is 0 Å². The van der Waals surface area contributed by atoms with E-state index in [1.54, 1.807) is 24.3 Å². The van der Waals surface area contributed by atoms with Crippen molar-refractivity contribution in [1.82, 2.24) is 15.5 Å². The molecule has 0 spiro atoms. The molecule has 0 saturated carbocycles. The molecule has 1 saturated heterocycles. The zero-order chi connectivity index (χ0) is 21.4. The summed E-state index contributed by atoms with van der Waals surface area (Å²) in [6, 6.07) is 11.0. The van der Waals surface area contributed by atoms with Crippen LogP contribution in [0.2, 0.25) is 0 Å². The third-order valence-corrected chi connectivity index (χ3v) is 6.86. The Kier molecular flexibility index (Phi) is 7.61. The van der Waals surface area contributed by atoms with Crippen LogP contribution in [0.4, 0.5) is 0 Å². The largest absolute Gasteiger partial charge is 0.468 e. The number of morpholine rings is 1. The first-order valence-corrected chi connectivity index (χ1v) is 11.2. The van der Waals surface area contributed by atoms with E-state index in [-0.39, 0.29) is 17.2 Å². The molecule has 2 amide bonds. The number of hydrogen-bond acceptors (Lipinski definition) is 7. The normalized spacial score (nSPS) is 16.0. The molecule has 3 rings (SSSR count). The lowest BCUT2D eigenvalue weighted by Crippen LogP contribution is -2.46. The van der Waals surface area contributed by atoms with Crippen molar-refractivity contribution in [3.8, 4) is 0 Å². The van der Waals surface area contributed by atoms with E-state index in [0.29, 0.717) is 26.3 Å². The zero-order valence-electron chi connectivity index (χ0n) is 16.5. The lowest BCUT2D eigenvalue weighted by Gasteiger charge is -2.26. The van der Waals surface area contributed by atoms with E-state index in [1.807, 2.05) is 0 Å². The van der Waals surface area contributed by atoms with E-state index in [2.05, 4.69) is 15.5 Å². The summed E-state index contributed by atoms with van der Waals surface area (Å²) >= 11 is 0. The Hall–Kier alpha value is -2.69. The highest BCUT2D eigenvalue weighted by atomic mass is 32.2. The predicted octanol–water partition coefficient (Wildman–Crippen LogP) is 0.359. The van der Waals surface area contributed by atoms with Crippen molar-refractivity contribution < 1.29 is 27.2 Å². The van der Waals surface area contributed by atoms with Crippen molar-refractivity contribution >= 4 is 21.7 Å². The van der Waals surface area contributed by atoms with Crippen LogP contribution in [0.3, 0.4) is 0 Å². The number of benzene rings is 1. The predicted molar refractivity (Wildman–Crippen MR) is 108 cm³/mol. The number of hydrogen-bond donors (Lipinski definition) is 2. The highest BCUT2D eigenvalue weighted by Crippen LogP contribution is 2.28. The summed E-state index contributed by atoms with van der Waals surface area (Å²) in [6.45, 7) is 3.50. The minimum absolute atomic E-state index is 0.107. The maximum absolute atomic E-state index is 13.0. The lowest BCUT2D eigenvalue weighted by atomic mass is 10.3. The van der Waals surface area contributed by atoms with Crippen LogP contribution in [-0.4, -0.2) is 71.1 Å². The molecular weight excluding hydrogens is 410 g/mol. The van der Waals surface area contributed by atoms with Crippen molar-refractivity contribution in [3.63, 3.8) is 0 Å². The van der Waals surface area contributed by atoms with Gasteiger partial charge in [-0.05, 0) is 24.3 Å². The van der Waals surface area contributed by atoms with Crippen LogP contribution in [-0.2, 0) is 24.2 Å². The quantitative estimate of drug-likeness (QED) is 0.575. The van der Waals surface area contributed by atoms with E-state index in [4.69, 9.17) is 9.15 Å². The van der Waals surface area contributed by atoms with Gasteiger partial charge in [0.2, 0.25) is 0 Å². The Morgan fingerprint density at radius 2 is 1.70 bits per heavy atom. The molecule has 30 heavy (non-hydrogen) atoms. The Morgan fingerprint density at radius 3 is 2.37 bits per heavy atom. The number of carbonyl (C=O) groups excluding carboxylic acids is 2. The number of carbonyl (C=O) groups is 2. The number of nitrogens with zero attached hydrogens (tertiary/aromatic N) is 1. The molecule has 1 unspecified atom stereocenters. The summed E-state index contributed by atoms with van der Waals surface area (Å²) < 4.78 is 36.6. The highest BCUT2D eigenvalue weighted by molar-refractivity contribution is 7.91. The summed E-state index contributed by atoms with van der Waals surface area (Å²) in [5.74, 6) is -1.51. The van der Waals surface area contributed by atoms with Crippen LogP contribution >= 0.6 is 0 Å². The summed E-state index contributed by atoms with van der Waals surface area (Å²) in [6.07, 6.45) is 1.36. The molecule has 0 radical (unpaired) electrons. The molecule has 9 nitrogen and oxygen atoms in total. The third-order valence-electron chi connectivity index (χ3n) is 4.78. The highest BCUT2D eigenvalue weighted by Gasteiger charge is 2.32. The molecule has 1 aliphatic heterocycles. The molecule has 10 heteroatoms.